The minimum atomic E-state index is -0.942. The van der Waals surface area contributed by atoms with Crippen LogP contribution in [0.2, 0.25) is 0 Å². The van der Waals surface area contributed by atoms with Gasteiger partial charge in [-0.1, -0.05) is 61.5 Å². The first-order valence-electron chi connectivity index (χ1n) is 14.9. The van der Waals surface area contributed by atoms with Gasteiger partial charge in [0.25, 0.3) is 0 Å². The lowest BCUT2D eigenvalue weighted by molar-refractivity contribution is -0.174. The molecule has 3 aromatic carbocycles. The summed E-state index contributed by atoms with van der Waals surface area (Å²) in [7, 11) is 1.75. The molecule has 1 aromatic heterocycles. The van der Waals surface area contributed by atoms with Gasteiger partial charge in [0.1, 0.15) is 29.0 Å². The molecule has 0 bridgehead atoms. The zero-order valence-corrected chi connectivity index (χ0v) is 25.5. The van der Waals surface area contributed by atoms with Gasteiger partial charge in [-0.2, -0.15) is 15.0 Å². The SMILES string of the molecule is C=CCN1CC(=O)N([C@@H](Cc2ccc(O)cc2)C(=O)NCc2ccc3nn(C)nc3c2)[C@H](CC)N1C(=O)NCc1ccccc1. The fourth-order valence-corrected chi connectivity index (χ4v) is 5.62. The van der Waals surface area contributed by atoms with Gasteiger partial charge in [0, 0.05) is 33.1 Å². The molecule has 1 saturated heterocycles. The van der Waals surface area contributed by atoms with E-state index in [1.807, 2.05) is 55.5 Å². The van der Waals surface area contributed by atoms with E-state index in [2.05, 4.69) is 27.4 Å². The molecule has 4 amide bonds. The Morgan fingerprint density at radius 3 is 2.38 bits per heavy atom. The highest BCUT2D eigenvalue weighted by molar-refractivity contribution is 5.90. The predicted molar refractivity (Wildman–Crippen MR) is 169 cm³/mol. The van der Waals surface area contributed by atoms with Crippen molar-refractivity contribution < 1.29 is 19.5 Å². The van der Waals surface area contributed by atoms with Gasteiger partial charge >= 0.3 is 6.03 Å². The number of aromatic hydroxyl groups is 1. The van der Waals surface area contributed by atoms with E-state index in [1.54, 1.807) is 42.4 Å². The highest BCUT2D eigenvalue weighted by atomic mass is 16.3. The Balaban J connectivity index is 1.43. The maximum Gasteiger partial charge on any atom is 0.334 e. The Hall–Kier alpha value is -5.23. The highest BCUT2D eigenvalue weighted by Gasteiger charge is 2.45. The van der Waals surface area contributed by atoms with Gasteiger partial charge in [0.15, 0.2) is 0 Å². The average Bonchev–Trinajstić information content (AvgIpc) is 3.42. The summed E-state index contributed by atoms with van der Waals surface area (Å²) in [5.41, 5.74) is 3.98. The lowest BCUT2D eigenvalue weighted by Gasteiger charge is -2.50. The van der Waals surface area contributed by atoms with E-state index in [4.69, 9.17) is 0 Å². The van der Waals surface area contributed by atoms with Crippen LogP contribution in [0.3, 0.4) is 0 Å². The molecule has 234 valence electrons. The number of carbonyl (C=O) groups is 3. The van der Waals surface area contributed by atoms with E-state index < -0.39 is 12.2 Å². The van der Waals surface area contributed by atoms with E-state index in [-0.39, 0.29) is 49.7 Å². The molecule has 4 aromatic rings. The van der Waals surface area contributed by atoms with Gasteiger partial charge in [-0.15, -0.1) is 6.58 Å². The van der Waals surface area contributed by atoms with Crippen LogP contribution >= 0.6 is 0 Å². The lowest BCUT2D eigenvalue weighted by atomic mass is 10.0. The van der Waals surface area contributed by atoms with E-state index >= 15 is 0 Å². The summed E-state index contributed by atoms with van der Waals surface area (Å²) in [6.07, 6.45) is 1.45. The standard InChI is InChI=1S/C33H38N8O4/c1-4-17-39-22-31(43)40(30(5-2)41(39)33(45)35-20-24-9-7-6-8-10-24)29(19-23-11-14-26(42)15-12-23)32(44)34-21-25-13-16-27-28(18-25)37-38(3)36-27/h4,6-16,18,29-30,42H,1,5,17,19-22H2,2-3H3,(H,34,44)(H,35,45)/t29-,30-/m0/s1. The van der Waals surface area contributed by atoms with Gasteiger partial charge in [-0.3, -0.25) is 9.59 Å². The number of fused-ring (bicyclic) bond motifs is 1. The van der Waals surface area contributed by atoms with Crippen molar-refractivity contribution in [3.05, 3.63) is 102 Å². The fourth-order valence-electron chi connectivity index (χ4n) is 5.62. The minimum Gasteiger partial charge on any atom is -0.508 e. The Labute approximate surface area is 261 Å². The van der Waals surface area contributed by atoms with Crippen LogP contribution in [0.5, 0.6) is 5.75 Å². The van der Waals surface area contributed by atoms with Crippen molar-refractivity contribution in [2.24, 2.45) is 7.05 Å². The molecule has 0 unspecified atom stereocenters. The van der Waals surface area contributed by atoms with E-state index in [0.717, 1.165) is 22.2 Å². The molecular formula is C33H38N8O4. The zero-order valence-electron chi connectivity index (χ0n) is 25.5. The summed E-state index contributed by atoms with van der Waals surface area (Å²) >= 11 is 0. The number of rotatable bonds is 11. The van der Waals surface area contributed by atoms with Gasteiger partial charge in [0.2, 0.25) is 11.8 Å². The van der Waals surface area contributed by atoms with Crippen LogP contribution in [-0.2, 0) is 36.1 Å². The maximum absolute atomic E-state index is 14.0. The molecule has 2 heterocycles. The Morgan fingerprint density at radius 2 is 1.67 bits per heavy atom. The van der Waals surface area contributed by atoms with Crippen LogP contribution in [0.15, 0.2) is 85.5 Å². The quantitative estimate of drug-likeness (QED) is 0.222. The maximum atomic E-state index is 14.0. The number of hydrogen-bond donors (Lipinski definition) is 3. The van der Waals surface area contributed by atoms with Crippen molar-refractivity contribution >= 4 is 28.9 Å². The van der Waals surface area contributed by atoms with Crippen molar-refractivity contribution in [3.8, 4) is 5.75 Å². The normalized spacial score (nSPS) is 16.0. The van der Waals surface area contributed by atoms with Crippen LogP contribution in [0.4, 0.5) is 4.79 Å². The molecule has 3 N–H and O–H groups in total. The molecule has 45 heavy (non-hydrogen) atoms. The number of amides is 4. The second-order valence-electron chi connectivity index (χ2n) is 10.9. The molecule has 12 heteroatoms. The van der Waals surface area contributed by atoms with Gasteiger partial charge in [-0.05, 0) is 47.4 Å². The van der Waals surface area contributed by atoms with Gasteiger partial charge in [-0.25, -0.2) is 14.8 Å². The van der Waals surface area contributed by atoms with Gasteiger partial charge < -0.3 is 20.6 Å². The molecule has 0 saturated carbocycles. The van der Waals surface area contributed by atoms with Crippen molar-refractivity contribution in [3.63, 3.8) is 0 Å². The number of phenols is 1. The lowest BCUT2D eigenvalue weighted by Crippen LogP contribution is -2.71. The first-order chi connectivity index (χ1) is 21.8. The third kappa shape index (κ3) is 7.29. The number of aromatic nitrogens is 3. The Morgan fingerprint density at radius 1 is 0.978 bits per heavy atom. The van der Waals surface area contributed by atoms with Crippen LogP contribution in [0, 0.1) is 0 Å². The molecule has 1 fully saturated rings. The first kappa shape index (κ1) is 31.2. The number of phenolic OH excluding ortho intramolecular Hbond substituents is 1. The molecule has 1 aliphatic heterocycles. The summed E-state index contributed by atoms with van der Waals surface area (Å²) in [5.74, 6) is -0.549. The number of aryl methyl sites for hydroxylation is 1. The fraction of sp³-hybridized carbons (Fsp3) is 0.303. The zero-order chi connectivity index (χ0) is 31.9. The van der Waals surface area contributed by atoms with Crippen molar-refractivity contribution in [2.45, 2.75) is 45.1 Å². The largest absolute Gasteiger partial charge is 0.508 e. The molecule has 5 rings (SSSR count). The summed E-state index contributed by atoms with van der Waals surface area (Å²) in [6, 6.07) is 20.4. The number of hydrogen-bond acceptors (Lipinski definition) is 7. The van der Waals surface area contributed by atoms with Gasteiger partial charge in [0.05, 0.1) is 6.54 Å². The topological polar surface area (TPSA) is 136 Å². The molecule has 0 radical (unpaired) electrons. The second-order valence-corrected chi connectivity index (χ2v) is 10.9. The van der Waals surface area contributed by atoms with Crippen LogP contribution in [-0.4, -0.2) is 78.2 Å². The molecule has 1 aliphatic rings. The van der Waals surface area contributed by atoms with E-state index in [1.165, 1.54) is 14.7 Å². The van der Waals surface area contributed by atoms with E-state index in [0.29, 0.717) is 18.5 Å². The summed E-state index contributed by atoms with van der Waals surface area (Å²) in [6.45, 7) is 6.37. The number of carbonyl (C=O) groups excluding carboxylic acids is 3. The van der Waals surface area contributed by atoms with Crippen LogP contribution < -0.4 is 10.6 Å². The predicted octanol–water partition coefficient (Wildman–Crippen LogP) is 3.09. The summed E-state index contributed by atoms with van der Waals surface area (Å²) in [5, 5.41) is 27.7. The highest BCUT2D eigenvalue weighted by Crippen LogP contribution is 2.25. The first-order valence-corrected chi connectivity index (χ1v) is 14.9. The summed E-state index contributed by atoms with van der Waals surface area (Å²) in [4.78, 5) is 44.6. The molecule has 12 nitrogen and oxygen atoms in total. The van der Waals surface area contributed by atoms with Crippen molar-refractivity contribution in [1.29, 1.82) is 0 Å². The summed E-state index contributed by atoms with van der Waals surface area (Å²) < 4.78 is 0. The smallest absolute Gasteiger partial charge is 0.334 e. The third-order valence-electron chi connectivity index (χ3n) is 7.73. The van der Waals surface area contributed by atoms with Crippen molar-refractivity contribution in [2.75, 3.05) is 13.1 Å². The molecule has 0 aliphatic carbocycles. The van der Waals surface area contributed by atoms with Crippen LogP contribution in [0.1, 0.15) is 30.0 Å². The minimum absolute atomic E-state index is 0.0981. The third-order valence-corrected chi connectivity index (χ3v) is 7.73. The van der Waals surface area contributed by atoms with Crippen molar-refractivity contribution in [1.82, 2.24) is 40.5 Å². The number of nitrogens with one attached hydrogen (secondary N) is 2. The number of urea groups is 1. The number of benzene rings is 3. The molecule has 2 atom stereocenters. The number of hydrazine groups is 1. The molecular weight excluding hydrogens is 572 g/mol. The molecule has 0 spiro atoms. The monoisotopic (exact) mass is 610 g/mol. The Bertz CT molecular complexity index is 1660. The van der Waals surface area contributed by atoms with E-state index in [9.17, 15) is 19.5 Å². The average molecular weight is 611 g/mol. The van der Waals surface area contributed by atoms with Crippen LogP contribution in [0.25, 0.3) is 11.0 Å². The number of nitrogens with zero attached hydrogens (tertiary/aromatic N) is 6. The second kappa shape index (κ2) is 14.0. The Kier molecular flexibility index (Phi) is 9.73.